The highest BCUT2D eigenvalue weighted by molar-refractivity contribution is 6.42. The topological polar surface area (TPSA) is 24.7 Å². The highest BCUT2D eigenvalue weighted by Gasteiger charge is 2.09. The summed E-state index contributed by atoms with van der Waals surface area (Å²) in [7, 11) is 0. The number of allylic oxidation sites excluding steroid dienone is 2. The molecule has 0 atom stereocenters. The van der Waals surface area contributed by atoms with Crippen LogP contribution in [0.25, 0.3) is 0 Å². The SMILES string of the molecule is CC=CCCc1ccccc1N=C(CCCCC)C(C)=Nc1ccc(CCCC)c(CCCC)c1. The van der Waals surface area contributed by atoms with Crippen molar-refractivity contribution in [1.82, 2.24) is 0 Å². The third-order valence-electron chi connectivity index (χ3n) is 6.58. The predicted molar refractivity (Wildman–Crippen MR) is 157 cm³/mol. The van der Waals surface area contributed by atoms with Crippen molar-refractivity contribution in [3.63, 3.8) is 0 Å². The van der Waals surface area contributed by atoms with Gasteiger partial charge in [-0.15, -0.1) is 0 Å². The molecule has 0 unspecified atom stereocenters. The molecular weight excluding hydrogens is 424 g/mol. The van der Waals surface area contributed by atoms with E-state index in [2.05, 4.69) is 89.2 Å². The highest BCUT2D eigenvalue weighted by atomic mass is 14.8. The summed E-state index contributed by atoms with van der Waals surface area (Å²) in [5, 5.41) is 0. The van der Waals surface area contributed by atoms with Crippen LogP contribution in [0.2, 0.25) is 0 Å². The van der Waals surface area contributed by atoms with E-state index in [4.69, 9.17) is 9.98 Å². The minimum atomic E-state index is 0.976. The molecule has 0 amide bonds. The van der Waals surface area contributed by atoms with Crippen LogP contribution in [0.5, 0.6) is 0 Å². The smallest absolute Gasteiger partial charge is 0.0665 e. The van der Waals surface area contributed by atoms with Crippen LogP contribution >= 0.6 is 0 Å². The minimum absolute atomic E-state index is 0.976. The van der Waals surface area contributed by atoms with Crippen molar-refractivity contribution >= 4 is 22.8 Å². The molecule has 0 saturated heterocycles. The molecule has 2 rings (SSSR count). The van der Waals surface area contributed by atoms with Gasteiger partial charge in [0.1, 0.15) is 0 Å². The van der Waals surface area contributed by atoms with Gasteiger partial charge in [0.05, 0.1) is 22.8 Å². The van der Waals surface area contributed by atoms with Gasteiger partial charge in [0.25, 0.3) is 0 Å². The van der Waals surface area contributed by atoms with Crippen molar-refractivity contribution < 1.29 is 0 Å². The van der Waals surface area contributed by atoms with Gasteiger partial charge in [0, 0.05) is 0 Å². The van der Waals surface area contributed by atoms with Gasteiger partial charge < -0.3 is 0 Å². The first kappa shape index (κ1) is 28.8. The Balaban J connectivity index is 2.38. The maximum atomic E-state index is 5.20. The molecule has 2 aromatic carbocycles. The third-order valence-corrected chi connectivity index (χ3v) is 6.58. The molecule has 0 radical (unpaired) electrons. The summed E-state index contributed by atoms with van der Waals surface area (Å²) in [6, 6.07) is 15.5. The number of para-hydroxylation sites is 1. The first-order valence-corrected chi connectivity index (χ1v) is 14.1. The van der Waals surface area contributed by atoms with Crippen LogP contribution in [0.4, 0.5) is 11.4 Å². The molecule has 0 aliphatic heterocycles. The largest absolute Gasteiger partial charge is 0.252 e. The van der Waals surface area contributed by atoms with Crippen LogP contribution < -0.4 is 0 Å². The number of nitrogens with zero attached hydrogens (tertiary/aromatic N) is 2. The monoisotopic (exact) mass is 472 g/mol. The average molecular weight is 473 g/mol. The van der Waals surface area contributed by atoms with E-state index >= 15 is 0 Å². The average Bonchev–Trinajstić information content (AvgIpc) is 2.87. The summed E-state index contributed by atoms with van der Waals surface area (Å²) in [4.78, 5) is 10.3. The van der Waals surface area contributed by atoms with Crippen molar-refractivity contribution in [2.45, 2.75) is 112 Å². The number of hydrogen-bond acceptors (Lipinski definition) is 2. The Hall–Kier alpha value is -2.48. The third kappa shape index (κ3) is 10.3. The zero-order valence-electron chi connectivity index (χ0n) is 23.1. The first-order chi connectivity index (χ1) is 17.1. The summed E-state index contributed by atoms with van der Waals surface area (Å²) >= 11 is 0. The number of rotatable bonds is 16. The lowest BCUT2D eigenvalue weighted by atomic mass is 9.97. The molecule has 0 N–H and O–H groups in total. The first-order valence-electron chi connectivity index (χ1n) is 14.1. The van der Waals surface area contributed by atoms with Gasteiger partial charge in [-0.2, -0.15) is 0 Å². The lowest BCUT2D eigenvalue weighted by Crippen LogP contribution is -2.10. The molecule has 0 aliphatic rings. The molecule has 35 heavy (non-hydrogen) atoms. The van der Waals surface area contributed by atoms with E-state index in [1.165, 1.54) is 61.6 Å². The highest BCUT2D eigenvalue weighted by Crippen LogP contribution is 2.25. The van der Waals surface area contributed by atoms with E-state index in [1.807, 2.05) is 0 Å². The Morgan fingerprint density at radius 1 is 0.743 bits per heavy atom. The number of aryl methyl sites for hydroxylation is 3. The van der Waals surface area contributed by atoms with Crippen LogP contribution in [0.15, 0.2) is 64.6 Å². The van der Waals surface area contributed by atoms with E-state index in [0.29, 0.717) is 0 Å². The maximum absolute atomic E-state index is 5.20. The van der Waals surface area contributed by atoms with Gasteiger partial charge in [-0.3, -0.25) is 9.98 Å². The van der Waals surface area contributed by atoms with Gasteiger partial charge >= 0.3 is 0 Å². The van der Waals surface area contributed by atoms with E-state index in [-0.39, 0.29) is 0 Å². The molecule has 0 saturated carbocycles. The van der Waals surface area contributed by atoms with Crippen molar-refractivity contribution in [3.8, 4) is 0 Å². The second kappa shape index (κ2) is 17.0. The van der Waals surface area contributed by atoms with E-state index in [1.54, 1.807) is 0 Å². The minimum Gasteiger partial charge on any atom is -0.252 e. The van der Waals surface area contributed by atoms with Crippen molar-refractivity contribution in [2.24, 2.45) is 9.98 Å². The molecule has 0 aromatic heterocycles. The Labute approximate surface area is 215 Å². The molecule has 0 fully saturated rings. The van der Waals surface area contributed by atoms with Crippen LogP contribution in [-0.2, 0) is 19.3 Å². The van der Waals surface area contributed by atoms with Gasteiger partial charge in [0.15, 0.2) is 0 Å². The molecule has 0 aliphatic carbocycles. The Kier molecular flexibility index (Phi) is 14.0. The quantitative estimate of drug-likeness (QED) is 0.132. The van der Waals surface area contributed by atoms with Gasteiger partial charge in [-0.1, -0.05) is 82.9 Å². The maximum Gasteiger partial charge on any atom is 0.0665 e. The van der Waals surface area contributed by atoms with Gasteiger partial charge in [-0.05, 0) is 100 Å². The summed E-state index contributed by atoms with van der Waals surface area (Å²) in [6.45, 7) is 11.0. The normalized spacial score (nSPS) is 12.6. The van der Waals surface area contributed by atoms with Crippen molar-refractivity contribution in [3.05, 3.63) is 71.3 Å². The van der Waals surface area contributed by atoms with Crippen LogP contribution in [0.3, 0.4) is 0 Å². The molecule has 2 aromatic rings. The van der Waals surface area contributed by atoms with E-state index < -0.39 is 0 Å². The number of unbranched alkanes of at least 4 members (excludes halogenated alkanes) is 4. The zero-order valence-corrected chi connectivity index (χ0v) is 23.1. The summed E-state index contributed by atoms with van der Waals surface area (Å²) < 4.78 is 0. The fraction of sp³-hybridized carbons (Fsp3) is 0.515. The van der Waals surface area contributed by atoms with Crippen molar-refractivity contribution in [2.75, 3.05) is 0 Å². The van der Waals surface area contributed by atoms with Gasteiger partial charge in [-0.25, -0.2) is 0 Å². The summed E-state index contributed by atoms with van der Waals surface area (Å²) in [5.74, 6) is 0. The predicted octanol–water partition coefficient (Wildman–Crippen LogP) is 10.3. The Morgan fingerprint density at radius 3 is 2.17 bits per heavy atom. The lowest BCUT2D eigenvalue weighted by molar-refractivity contribution is 0.743. The second-order valence-electron chi connectivity index (χ2n) is 9.61. The Morgan fingerprint density at radius 2 is 1.46 bits per heavy atom. The second-order valence-corrected chi connectivity index (χ2v) is 9.61. The van der Waals surface area contributed by atoms with E-state index in [0.717, 1.165) is 54.9 Å². The lowest BCUT2D eigenvalue weighted by Gasteiger charge is -2.12. The van der Waals surface area contributed by atoms with Gasteiger partial charge in [0.2, 0.25) is 0 Å². The fourth-order valence-electron chi connectivity index (χ4n) is 4.39. The molecule has 0 heterocycles. The molecule has 2 heteroatoms. The molecule has 2 nitrogen and oxygen atoms in total. The standard InChI is InChI=1S/C33H48N2/c1-6-10-14-20-29-21-16-17-23-33(29)35-32(22-15-11-7-2)27(5)34-31-25-24-28(18-12-8-3)30(26-31)19-13-9-4/h6,10,16-17,21,23-26H,7-9,11-15,18-20,22H2,1-5H3. The van der Waals surface area contributed by atoms with Crippen LogP contribution in [0, 0.1) is 0 Å². The molecule has 190 valence electrons. The van der Waals surface area contributed by atoms with E-state index in [9.17, 15) is 0 Å². The number of aliphatic imine (C=N–C) groups is 2. The summed E-state index contributed by atoms with van der Waals surface area (Å²) in [6.07, 6.45) is 18.3. The molecule has 0 bridgehead atoms. The molecular formula is C33H48N2. The Bertz CT molecular complexity index is 965. The zero-order chi connectivity index (χ0) is 25.3. The van der Waals surface area contributed by atoms with Crippen molar-refractivity contribution in [1.29, 1.82) is 0 Å². The number of hydrogen-bond donors (Lipinski definition) is 0. The fourth-order valence-corrected chi connectivity index (χ4v) is 4.39. The number of benzene rings is 2. The molecule has 0 spiro atoms. The van der Waals surface area contributed by atoms with Crippen LogP contribution in [0.1, 0.15) is 109 Å². The van der Waals surface area contributed by atoms with Crippen LogP contribution in [-0.4, -0.2) is 11.4 Å². The summed E-state index contributed by atoms with van der Waals surface area (Å²) in [5.41, 5.74) is 8.63.